The Hall–Kier alpha value is -3.45. The van der Waals surface area contributed by atoms with Crippen LogP contribution in [0.25, 0.3) is 0 Å². The second kappa shape index (κ2) is 10.9. The summed E-state index contributed by atoms with van der Waals surface area (Å²) in [5, 5.41) is 3.28. The average Bonchev–Trinajstić information content (AvgIpc) is 2.86. The Morgan fingerprint density at radius 1 is 1.09 bits per heavy atom. The van der Waals surface area contributed by atoms with Crippen LogP contribution < -0.4 is 10.1 Å². The molecular weight excluding hydrogens is 449 g/mol. The maximum atomic E-state index is 15.0. The quantitative estimate of drug-likeness (QED) is 0.434. The number of hydrogen-bond donors (Lipinski definition) is 1. The number of carbonyl (C=O) groups is 2. The first kappa shape index (κ1) is 24.7. The Morgan fingerprint density at radius 2 is 1.83 bits per heavy atom. The number of ether oxygens (including phenoxy) is 3. The van der Waals surface area contributed by atoms with Gasteiger partial charge in [-0.2, -0.15) is 0 Å². The van der Waals surface area contributed by atoms with E-state index in [1.807, 2.05) is 31.2 Å². The molecule has 2 aliphatic rings. The van der Waals surface area contributed by atoms with Crippen LogP contribution in [0.3, 0.4) is 0 Å². The van der Waals surface area contributed by atoms with E-state index in [0.29, 0.717) is 24.3 Å². The third kappa shape index (κ3) is 5.15. The molecule has 35 heavy (non-hydrogen) atoms. The van der Waals surface area contributed by atoms with Crippen molar-refractivity contribution >= 4 is 11.8 Å². The van der Waals surface area contributed by atoms with Crippen LogP contribution in [0.15, 0.2) is 71.1 Å². The van der Waals surface area contributed by atoms with Crippen molar-refractivity contribution in [1.29, 1.82) is 0 Å². The van der Waals surface area contributed by atoms with Gasteiger partial charge in [0, 0.05) is 35.6 Å². The van der Waals surface area contributed by atoms with Gasteiger partial charge in [-0.3, -0.25) is 4.79 Å². The molecule has 0 amide bonds. The van der Waals surface area contributed by atoms with Crippen molar-refractivity contribution in [3.63, 3.8) is 0 Å². The average molecular weight is 480 g/mol. The Bertz CT molecular complexity index is 1170. The summed E-state index contributed by atoms with van der Waals surface area (Å²) in [6, 6.07) is 13.9. The Labute approximate surface area is 204 Å². The molecule has 7 heteroatoms. The van der Waals surface area contributed by atoms with Gasteiger partial charge in [0.15, 0.2) is 5.78 Å². The molecule has 1 aliphatic heterocycles. The number of allylic oxidation sites excluding steroid dienone is 3. The molecule has 1 N–H and O–H groups in total. The summed E-state index contributed by atoms with van der Waals surface area (Å²) in [6.07, 6.45) is 0.839. The number of hydrogen-bond acceptors (Lipinski definition) is 6. The number of dihydropyridines is 1. The second-order valence-electron chi connectivity index (χ2n) is 8.64. The zero-order valence-electron chi connectivity index (χ0n) is 20.2. The molecule has 0 spiro atoms. The van der Waals surface area contributed by atoms with Gasteiger partial charge in [-0.1, -0.05) is 30.3 Å². The van der Waals surface area contributed by atoms with E-state index in [9.17, 15) is 9.59 Å². The number of rotatable bonds is 8. The van der Waals surface area contributed by atoms with Crippen LogP contribution in [0.1, 0.15) is 49.7 Å². The van der Waals surface area contributed by atoms with Gasteiger partial charge in [-0.15, -0.1) is 0 Å². The topological polar surface area (TPSA) is 73.9 Å². The fourth-order valence-electron chi connectivity index (χ4n) is 4.86. The van der Waals surface area contributed by atoms with E-state index in [2.05, 4.69) is 5.32 Å². The zero-order valence-corrected chi connectivity index (χ0v) is 20.2. The van der Waals surface area contributed by atoms with E-state index >= 15 is 4.39 Å². The molecule has 0 bridgehead atoms. The number of esters is 1. The maximum Gasteiger partial charge on any atom is 0.336 e. The highest BCUT2D eigenvalue weighted by Crippen LogP contribution is 2.46. The van der Waals surface area contributed by atoms with Crippen LogP contribution in [0, 0.1) is 5.82 Å². The predicted octanol–water partition coefficient (Wildman–Crippen LogP) is 4.78. The van der Waals surface area contributed by atoms with Gasteiger partial charge in [0.2, 0.25) is 0 Å². The van der Waals surface area contributed by atoms with Gasteiger partial charge in [0.1, 0.15) is 18.2 Å². The molecule has 0 fully saturated rings. The Kier molecular flexibility index (Phi) is 7.66. The largest absolute Gasteiger partial charge is 0.497 e. The summed E-state index contributed by atoms with van der Waals surface area (Å²) >= 11 is 0. The highest BCUT2D eigenvalue weighted by Gasteiger charge is 2.42. The van der Waals surface area contributed by atoms with Gasteiger partial charge in [0.25, 0.3) is 0 Å². The summed E-state index contributed by atoms with van der Waals surface area (Å²) in [7, 11) is 1.61. The van der Waals surface area contributed by atoms with Crippen LogP contribution in [-0.4, -0.2) is 38.7 Å². The molecule has 0 aromatic heterocycles. The highest BCUT2D eigenvalue weighted by molar-refractivity contribution is 6.04. The lowest BCUT2D eigenvalue weighted by Crippen LogP contribution is -2.36. The minimum Gasteiger partial charge on any atom is -0.497 e. The third-order valence-electron chi connectivity index (χ3n) is 6.52. The van der Waals surface area contributed by atoms with Crippen molar-refractivity contribution in [3.05, 3.63) is 88.0 Å². The van der Waals surface area contributed by atoms with E-state index in [-0.39, 0.29) is 42.5 Å². The lowest BCUT2D eigenvalue weighted by Gasteiger charge is -2.36. The molecular formula is C28H30FNO5. The SMILES string of the molecule is CCOCCOC(=O)C1=C(C)NC2=C(C(=O)C[C@H](c3ccc(OC)cc3)C2)[C@H]1c1ccccc1F. The lowest BCUT2D eigenvalue weighted by molar-refractivity contribution is -0.140. The summed E-state index contributed by atoms with van der Waals surface area (Å²) < 4.78 is 31.0. The number of ketones is 1. The molecule has 6 nitrogen and oxygen atoms in total. The van der Waals surface area contributed by atoms with Crippen LogP contribution >= 0.6 is 0 Å². The van der Waals surface area contributed by atoms with Gasteiger partial charge in [-0.05, 0) is 49.9 Å². The first-order valence-corrected chi connectivity index (χ1v) is 11.8. The highest BCUT2D eigenvalue weighted by atomic mass is 19.1. The maximum absolute atomic E-state index is 15.0. The molecule has 184 valence electrons. The molecule has 0 saturated heterocycles. The fourth-order valence-corrected chi connectivity index (χ4v) is 4.86. The van der Waals surface area contributed by atoms with E-state index in [4.69, 9.17) is 14.2 Å². The van der Waals surface area contributed by atoms with Crippen molar-refractivity contribution in [1.82, 2.24) is 5.32 Å². The van der Waals surface area contributed by atoms with E-state index in [0.717, 1.165) is 17.0 Å². The van der Waals surface area contributed by atoms with E-state index in [1.54, 1.807) is 32.2 Å². The zero-order chi connectivity index (χ0) is 24.9. The molecule has 2 aromatic carbocycles. The number of nitrogens with one attached hydrogen (secondary N) is 1. The van der Waals surface area contributed by atoms with Crippen molar-refractivity contribution < 1.29 is 28.2 Å². The molecule has 4 rings (SSSR count). The predicted molar refractivity (Wildman–Crippen MR) is 129 cm³/mol. The Morgan fingerprint density at radius 3 is 2.51 bits per heavy atom. The summed E-state index contributed by atoms with van der Waals surface area (Å²) in [5.74, 6) is -1.29. The normalized spacial score (nSPS) is 19.8. The standard InChI is InChI=1S/C28H30FNO5/c1-4-34-13-14-35-28(32)25-17(2)30-23-15-19(18-9-11-20(33-3)12-10-18)16-24(31)27(23)26(25)21-7-5-6-8-22(21)29/h5-12,19,26,30H,4,13-16H2,1-3H3/t19-,26+/m1/s1. The number of carbonyl (C=O) groups excluding carboxylic acids is 2. The van der Waals surface area contributed by atoms with Crippen LogP contribution in [0.5, 0.6) is 5.75 Å². The summed E-state index contributed by atoms with van der Waals surface area (Å²) in [6.45, 7) is 4.47. The molecule has 2 aromatic rings. The monoisotopic (exact) mass is 479 g/mol. The number of methoxy groups -OCH3 is 1. The first-order valence-electron chi connectivity index (χ1n) is 11.8. The molecule has 2 atom stereocenters. The minimum atomic E-state index is -0.837. The Balaban J connectivity index is 1.70. The van der Waals surface area contributed by atoms with E-state index in [1.165, 1.54) is 6.07 Å². The fraction of sp³-hybridized carbons (Fsp3) is 0.357. The van der Waals surface area contributed by atoms with Crippen molar-refractivity contribution in [2.45, 2.75) is 38.5 Å². The minimum absolute atomic E-state index is 0.0339. The van der Waals surface area contributed by atoms with Crippen molar-refractivity contribution in [2.75, 3.05) is 26.9 Å². The van der Waals surface area contributed by atoms with Crippen LogP contribution in [0.2, 0.25) is 0 Å². The summed E-state index contributed by atoms with van der Waals surface area (Å²) in [4.78, 5) is 26.7. The van der Waals surface area contributed by atoms with Gasteiger partial charge in [0.05, 0.1) is 25.2 Å². The van der Waals surface area contributed by atoms with Gasteiger partial charge >= 0.3 is 5.97 Å². The van der Waals surface area contributed by atoms with Crippen molar-refractivity contribution in [3.8, 4) is 5.75 Å². The number of benzene rings is 2. The van der Waals surface area contributed by atoms with Crippen LogP contribution in [0.4, 0.5) is 4.39 Å². The second-order valence-corrected chi connectivity index (χ2v) is 8.64. The lowest BCUT2D eigenvalue weighted by atomic mass is 9.71. The van der Waals surface area contributed by atoms with Crippen molar-refractivity contribution in [2.24, 2.45) is 0 Å². The third-order valence-corrected chi connectivity index (χ3v) is 6.52. The molecule has 0 unspecified atom stereocenters. The molecule has 1 aliphatic carbocycles. The number of halogens is 1. The van der Waals surface area contributed by atoms with Gasteiger partial charge < -0.3 is 19.5 Å². The van der Waals surface area contributed by atoms with E-state index < -0.39 is 17.7 Å². The summed E-state index contributed by atoms with van der Waals surface area (Å²) in [5.41, 5.74) is 3.27. The smallest absolute Gasteiger partial charge is 0.336 e. The number of Topliss-reactive ketones (excluding diaryl/α,β-unsaturated/α-hetero) is 1. The van der Waals surface area contributed by atoms with Gasteiger partial charge in [-0.25, -0.2) is 9.18 Å². The molecule has 0 saturated carbocycles. The first-order chi connectivity index (χ1) is 16.9. The molecule has 0 radical (unpaired) electrons. The molecule has 1 heterocycles. The van der Waals surface area contributed by atoms with Crippen LogP contribution in [-0.2, 0) is 19.1 Å².